The van der Waals surface area contributed by atoms with Crippen LogP contribution in [0.4, 0.5) is 0 Å². The van der Waals surface area contributed by atoms with Gasteiger partial charge in [0.25, 0.3) is 5.91 Å². The molecule has 0 aliphatic carbocycles. The smallest absolute Gasteiger partial charge is 0.260 e. The van der Waals surface area contributed by atoms with Gasteiger partial charge in [0.2, 0.25) is 0 Å². The molecule has 1 saturated heterocycles. The van der Waals surface area contributed by atoms with Gasteiger partial charge in [0.1, 0.15) is 5.75 Å². The van der Waals surface area contributed by atoms with Crippen LogP contribution < -0.4 is 4.74 Å². The molecule has 1 aliphatic rings. The minimum atomic E-state index is -0.0608. The lowest BCUT2D eigenvalue weighted by atomic mass is 10.2. The topological polar surface area (TPSA) is 62.6 Å². The van der Waals surface area contributed by atoms with Crippen LogP contribution in [-0.4, -0.2) is 42.7 Å². The molecular weight excluding hydrogens is 256 g/mol. The number of rotatable bonds is 3. The zero-order valence-corrected chi connectivity index (χ0v) is 11.7. The van der Waals surface area contributed by atoms with Crippen LogP contribution in [0.5, 0.6) is 5.75 Å². The van der Waals surface area contributed by atoms with E-state index < -0.39 is 0 Å². The van der Waals surface area contributed by atoms with Gasteiger partial charge in [0, 0.05) is 13.1 Å². The summed E-state index contributed by atoms with van der Waals surface area (Å²) in [6.07, 6.45) is 0.0919. The Labute approximate surface area is 118 Å². The number of hydrogen-bond donors (Lipinski definition) is 0. The lowest BCUT2D eigenvalue weighted by Crippen LogP contribution is -2.49. The van der Waals surface area contributed by atoms with Crippen LogP contribution in [0, 0.1) is 11.3 Å². The van der Waals surface area contributed by atoms with Gasteiger partial charge < -0.3 is 14.4 Å². The quantitative estimate of drug-likeness (QED) is 0.839. The summed E-state index contributed by atoms with van der Waals surface area (Å²) in [6.45, 7) is 5.06. The van der Waals surface area contributed by atoms with Crippen LogP contribution in [-0.2, 0) is 9.53 Å². The van der Waals surface area contributed by atoms with Crippen LogP contribution in [0.1, 0.15) is 19.4 Å². The second kappa shape index (κ2) is 6.40. The van der Waals surface area contributed by atoms with Crippen molar-refractivity contribution >= 4 is 5.91 Å². The number of morpholine rings is 1. The van der Waals surface area contributed by atoms with Gasteiger partial charge in [-0.3, -0.25) is 4.79 Å². The molecular formula is C15H18N2O3. The predicted octanol–water partition coefficient (Wildman–Crippen LogP) is 1.57. The first-order valence-corrected chi connectivity index (χ1v) is 6.64. The molecule has 0 spiro atoms. The Bertz CT molecular complexity index is 514. The first-order valence-electron chi connectivity index (χ1n) is 6.64. The van der Waals surface area contributed by atoms with Crippen molar-refractivity contribution in [3.63, 3.8) is 0 Å². The second-order valence-electron chi connectivity index (χ2n) is 4.98. The Kier molecular flexibility index (Phi) is 4.59. The lowest BCUT2D eigenvalue weighted by molar-refractivity contribution is -0.145. The molecule has 5 nitrogen and oxygen atoms in total. The number of hydrogen-bond acceptors (Lipinski definition) is 4. The van der Waals surface area contributed by atoms with Crippen LogP contribution in [0.25, 0.3) is 0 Å². The third kappa shape index (κ3) is 3.72. The molecule has 0 bridgehead atoms. The van der Waals surface area contributed by atoms with Crippen LogP contribution in [0.3, 0.4) is 0 Å². The van der Waals surface area contributed by atoms with Crippen molar-refractivity contribution in [2.75, 3.05) is 19.7 Å². The van der Waals surface area contributed by atoms with Crippen molar-refractivity contribution in [1.29, 1.82) is 5.26 Å². The first kappa shape index (κ1) is 14.4. The van der Waals surface area contributed by atoms with Gasteiger partial charge in [0.15, 0.2) is 6.61 Å². The summed E-state index contributed by atoms with van der Waals surface area (Å²) < 4.78 is 11.0. The molecule has 0 N–H and O–H groups in total. The van der Waals surface area contributed by atoms with E-state index in [1.165, 1.54) is 0 Å². The van der Waals surface area contributed by atoms with E-state index in [1.54, 1.807) is 29.2 Å². The molecule has 0 saturated carbocycles. The highest BCUT2D eigenvalue weighted by molar-refractivity contribution is 5.78. The minimum Gasteiger partial charge on any atom is -0.484 e. The molecule has 1 aliphatic heterocycles. The van der Waals surface area contributed by atoms with E-state index in [0.29, 0.717) is 24.4 Å². The van der Waals surface area contributed by atoms with Gasteiger partial charge in [-0.25, -0.2) is 0 Å². The van der Waals surface area contributed by atoms with Gasteiger partial charge >= 0.3 is 0 Å². The van der Waals surface area contributed by atoms with E-state index in [4.69, 9.17) is 14.7 Å². The Morgan fingerprint density at radius 1 is 1.45 bits per heavy atom. The van der Waals surface area contributed by atoms with Gasteiger partial charge in [-0.15, -0.1) is 0 Å². The normalized spacial score (nSPS) is 22.1. The molecule has 106 valence electrons. The zero-order valence-electron chi connectivity index (χ0n) is 11.7. The molecule has 0 aromatic heterocycles. The predicted molar refractivity (Wildman–Crippen MR) is 73.2 cm³/mol. The van der Waals surface area contributed by atoms with E-state index in [9.17, 15) is 4.79 Å². The maximum atomic E-state index is 12.1. The highest BCUT2D eigenvalue weighted by Crippen LogP contribution is 2.14. The average Bonchev–Trinajstić information content (AvgIpc) is 2.44. The van der Waals surface area contributed by atoms with Crippen LogP contribution >= 0.6 is 0 Å². The summed E-state index contributed by atoms with van der Waals surface area (Å²) in [6, 6.07) is 8.82. The molecule has 2 atom stereocenters. The summed E-state index contributed by atoms with van der Waals surface area (Å²) >= 11 is 0. The number of amides is 1. The number of carbonyl (C=O) groups is 1. The number of benzene rings is 1. The minimum absolute atomic E-state index is 0.0195. The summed E-state index contributed by atoms with van der Waals surface area (Å²) in [5.41, 5.74) is 0.517. The van der Waals surface area contributed by atoms with Gasteiger partial charge in [-0.1, -0.05) is 6.07 Å². The van der Waals surface area contributed by atoms with Crippen LogP contribution in [0.15, 0.2) is 24.3 Å². The zero-order chi connectivity index (χ0) is 14.5. The Hall–Kier alpha value is -2.06. The highest BCUT2D eigenvalue weighted by atomic mass is 16.5. The fraction of sp³-hybridized carbons (Fsp3) is 0.467. The van der Waals surface area contributed by atoms with E-state index in [0.717, 1.165) is 0 Å². The van der Waals surface area contributed by atoms with E-state index in [2.05, 4.69) is 0 Å². The maximum Gasteiger partial charge on any atom is 0.260 e. The van der Waals surface area contributed by atoms with Crippen LogP contribution in [0.2, 0.25) is 0 Å². The molecule has 1 aromatic carbocycles. The van der Waals surface area contributed by atoms with Crippen molar-refractivity contribution in [3.05, 3.63) is 29.8 Å². The average molecular weight is 274 g/mol. The molecule has 1 amide bonds. The number of nitriles is 1. The summed E-state index contributed by atoms with van der Waals surface area (Å²) in [4.78, 5) is 13.9. The highest BCUT2D eigenvalue weighted by Gasteiger charge is 2.25. The fourth-order valence-electron chi connectivity index (χ4n) is 2.27. The summed E-state index contributed by atoms with van der Waals surface area (Å²) in [7, 11) is 0. The van der Waals surface area contributed by atoms with Crippen molar-refractivity contribution in [2.24, 2.45) is 0 Å². The van der Waals surface area contributed by atoms with Crippen molar-refractivity contribution in [3.8, 4) is 11.8 Å². The summed E-state index contributed by atoms with van der Waals surface area (Å²) in [5, 5.41) is 8.81. The fourth-order valence-corrected chi connectivity index (χ4v) is 2.27. The molecule has 5 heteroatoms. The maximum absolute atomic E-state index is 12.1. The number of carbonyl (C=O) groups excluding carboxylic acids is 1. The third-order valence-electron chi connectivity index (χ3n) is 3.10. The molecule has 2 unspecified atom stereocenters. The SMILES string of the molecule is CC1CN(C(=O)COc2cccc(C#N)c2)CC(C)O1. The molecule has 1 fully saturated rings. The first-order chi connectivity index (χ1) is 9.58. The van der Waals surface area contributed by atoms with Crippen molar-refractivity contribution in [2.45, 2.75) is 26.1 Å². The van der Waals surface area contributed by atoms with E-state index in [-0.39, 0.29) is 24.7 Å². The molecule has 1 aromatic rings. The molecule has 20 heavy (non-hydrogen) atoms. The van der Waals surface area contributed by atoms with Crippen molar-refractivity contribution in [1.82, 2.24) is 4.90 Å². The van der Waals surface area contributed by atoms with Gasteiger partial charge in [-0.05, 0) is 32.0 Å². The van der Waals surface area contributed by atoms with E-state index >= 15 is 0 Å². The van der Waals surface area contributed by atoms with Crippen molar-refractivity contribution < 1.29 is 14.3 Å². The number of nitrogens with zero attached hydrogens (tertiary/aromatic N) is 2. The third-order valence-corrected chi connectivity index (χ3v) is 3.10. The Morgan fingerprint density at radius 3 is 2.80 bits per heavy atom. The second-order valence-corrected chi connectivity index (χ2v) is 4.98. The summed E-state index contributed by atoms with van der Waals surface area (Å²) in [5.74, 6) is 0.473. The largest absolute Gasteiger partial charge is 0.484 e. The van der Waals surface area contributed by atoms with E-state index in [1.807, 2.05) is 19.9 Å². The van der Waals surface area contributed by atoms with Gasteiger partial charge in [0.05, 0.1) is 23.8 Å². The Morgan fingerprint density at radius 2 is 2.15 bits per heavy atom. The lowest BCUT2D eigenvalue weighted by Gasteiger charge is -2.35. The molecule has 1 heterocycles. The monoisotopic (exact) mass is 274 g/mol. The molecule has 0 radical (unpaired) electrons. The number of ether oxygens (including phenoxy) is 2. The molecule has 2 rings (SSSR count). The Balaban J connectivity index is 1.90. The standard InChI is InChI=1S/C15H18N2O3/c1-11-8-17(9-12(2)20-11)15(18)10-19-14-5-3-4-13(6-14)7-16/h3-6,11-12H,8-10H2,1-2H3. The van der Waals surface area contributed by atoms with Gasteiger partial charge in [-0.2, -0.15) is 5.26 Å².